The van der Waals surface area contributed by atoms with E-state index in [1.807, 2.05) is 11.4 Å². The minimum Gasteiger partial charge on any atom is -0.330 e. The van der Waals surface area contributed by atoms with Crippen molar-refractivity contribution in [1.29, 1.82) is 0 Å². The third kappa shape index (κ3) is 3.80. The molecule has 1 aromatic heterocycles. The molecule has 1 atom stereocenters. The highest BCUT2D eigenvalue weighted by Gasteiger charge is 2.31. The van der Waals surface area contributed by atoms with Crippen molar-refractivity contribution in [3.8, 4) is 0 Å². The van der Waals surface area contributed by atoms with Crippen LogP contribution in [-0.2, 0) is 16.8 Å². The summed E-state index contributed by atoms with van der Waals surface area (Å²) in [6.07, 6.45) is 1.91. The second kappa shape index (κ2) is 6.85. The summed E-state index contributed by atoms with van der Waals surface area (Å²) in [5.41, 5.74) is 5.67. The van der Waals surface area contributed by atoms with Crippen LogP contribution in [0.5, 0.6) is 0 Å². The van der Waals surface area contributed by atoms with Gasteiger partial charge in [0.1, 0.15) is 0 Å². The van der Waals surface area contributed by atoms with E-state index in [2.05, 4.69) is 15.9 Å². The van der Waals surface area contributed by atoms with E-state index in [0.29, 0.717) is 26.2 Å². The van der Waals surface area contributed by atoms with Crippen LogP contribution >= 0.6 is 27.3 Å². The van der Waals surface area contributed by atoms with Gasteiger partial charge in [-0.1, -0.05) is 0 Å². The largest absolute Gasteiger partial charge is 0.330 e. The van der Waals surface area contributed by atoms with E-state index >= 15 is 0 Å². The van der Waals surface area contributed by atoms with Crippen LogP contribution in [0.15, 0.2) is 15.9 Å². The summed E-state index contributed by atoms with van der Waals surface area (Å²) < 4.78 is 29.1. The summed E-state index contributed by atoms with van der Waals surface area (Å²) in [4.78, 5) is 1.02. The Hall–Kier alpha value is 0.01000. The molecule has 8 heteroatoms. The minimum atomic E-state index is -3.39. The van der Waals surface area contributed by atoms with Crippen LogP contribution in [0, 0.1) is 5.92 Å². The fourth-order valence-electron chi connectivity index (χ4n) is 2.36. The third-order valence-corrected chi connectivity index (χ3v) is 7.12. The topological polar surface area (TPSA) is 66.6 Å². The quantitative estimate of drug-likeness (QED) is 0.845. The smallest absolute Gasteiger partial charge is 0.282 e. The van der Waals surface area contributed by atoms with E-state index in [-0.39, 0.29) is 5.92 Å². The van der Waals surface area contributed by atoms with Gasteiger partial charge in [-0.05, 0) is 47.3 Å². The molecular formula is C12H20BrN3O2S2. The van der Waals surface area contributed by atoms with Crippen LogP contribution in [0.25, 0.3) is 0 Å². The summed E-state index contributed by atoms with van der Waals surface area (Å²) in [5, 5.41) is 1.96. The van der Waals surface area contributed by atoms with Gasteiger partial charge in [0.15, 0.2) is 0 Å². The summed E-state index contributed by atoms with van der Waals surface area (Å²) in [7, 11) is -1.76. The number of hydrogen-bond donors (Lipinski definition) is 1. The van der Waals surface area contributed by atoms with Gasteiger partial charge in [-0.2, -0.15) is 17.0 Å². The average Bonchev–Trinajstić information content (AvgIpc) is 2.84. The molecule has 0 amide bonds. The SMILES string of the molecule is CN(Cc1cc(Br)cs1)S(=O)(=O)N1CCCC(CN)C1. The molecule has 5 nitrogen and oxygen atoms in total. The highest BCUT2D eigenvalue weighted by molar-refractivity contribution is 9.10. The molecule has 1 unspecified atom stereocenters. The molecule has 1 saturated heterocycles. The van der Waals surface area contributed by atoms with Crippen molar-refractivity contribution < 1.29 is 8.42 Å². The first-order chi connectivity index (χ1) is 9.43. The average molecular weight is 382 g/mol. The first kappa shape index (κ1) is 16.4. The minimum absolute atomic E-state index is 0.280. The van der Waals surface area contributed by atoms with Crippen LogP contribution in [0.3, 0.4) is 0 Å². The van der Waals surface area contributed by atoms with Crippen molar-refractivity contribution in [2.24, 2.45) is 11.7 Å². The highest BCUT2D eigenvalue weighted by atomic mass is 79.9. The standard InChI is InChI=1S/C12H20BrN3O2S2/c1-15(8-12-5-11(13)9-19-12)20(17,18)16-4-2-3-10(6-14)7-16/h5,9-10H,2-4,6-8,14H2,1H3. The first-order valence-corrected chi connectivity index (χ1v) is 9.65. The number of rotatable bonds is 5. The normalized spacial score (nSPS) is 21.5. The molecule has 1 aromatic rings. The molecule has 0 aromatic carbocycles. The number of halogens is 1. The molecule has 2 N–H and O–H groups in total. The summed E-state index contributed by atoms with van der Waals surface area (Å²) >= 11 is 4.94. The van der Waals surface area contributed by atoms with Gasteiger partial charge in [-0.3, -0.25) is 0 Å². The Morgan fingerprint density at radius 2 is 2.35 bits per heavy atom. The molecule has 20 heavy (non-hydrogen) atoms. The lowest BCUT2D eigenvalue weighted by molar-refractivity contribution is 0.255. The lowest BCUT2D eigenvalue weighted by Gasteiger charge is -2.33. The van der Waals surface area contributed by atoms with Crippen molar-refractivity contribution in [2.45, 2.75) is 19.4 Å². The lowest BCUT2D eigenvalue weighted by Crippen LogP contribution is -2.47. The maximum atomic E-state index is 12.6. The maximum absolute atomic E-state index is 12.6. The van der Waals surface area contributed by atoms with Crippen molar-refractivity contribution in [1.82, 2.24) is 8.61 Å². The Kier molecular flexibility index (Phi) is 5.61. The van der Waals surface area contributed by atoms with E-state index in [1.54, 1.807) is 22.7 Å². The number of nitrogens with zero attached hydrogens (tertiary/aromatic N) is 2. The van der Waals surface area contributed by atoms with E-state index in [4.69, 9.17) is 5.73 Å². The molecule has 0 saturated carbocycles. The molecule has 1 fully saturated rings. The Balaban J connectivity index is 2.05. The molecule has 0 radical (unpaired) electrons. The monoisotopic (exact) mass is 381 g/mol. The lowest BCUT2D eigenvalue weighted by atomic mass is 10.0. The molecule has 114 valence electrons. The zero-order chi connectivity index (χ0) is 14.8. The summed E-state index contributed by atoms with van der Waals surface area (Å²) in [6.45, 7) is 2.09. The van der Waals surface area contributed by atoms with Crippen LogP contribution < -0.4 is 5.73 Å². The number of hydrogen-bond acceptors (Lipinski definition) is 4. The molecule has 1 aliphatic heterocycles. The van der Waals surface area contributed by atoms with Gasteiger partial charge in [0, 0.05) is 41.4 Å². The molecule has 2 heterocycles. The molecule has 1 aliphatic rings. The second-order valence-corrected chi connectivity index (χ2v) is 9.04. The van der Waals surface area contributed by atoms with Crippen molar-refractivity contribution in [3.63, 3.8) is 0 Å². The first-order valence-electron chi connectivity index (χ1n) is 6.58. The molecule has 2 rings (SSSR count). The Bertz CT molecular complexity index is 547. The second-order valence-electron chi connectivity index (χ2n) is 5.10. The number of nitrogens with two attached hydrogens (primary N) is 1. The zero-order valence-electron chi connectivity index (χ0n) is 11.5. The third-order valence-electron chi connectivity index (χ3n) is 3.54. The van der Waals surface area contributed by atoms with Crippen LogP contribution in [0.1, 0.15) is 17.7 Å². The fourth-order valence-corrected chi connectivity index (χ4v) is 5.40. The summed E-state index contributed by atoms with van der Waals surface area (Å²) in [6, 6.07) is 1.95. The van der Waals surface area contributed by atoms with Gasteiger partial charge in [0.2, 0.25) is 0 Å². The predicted molar refractivity (Wildman–Crippen MR) is 85.8 cm³/mol. The van der Waals surface area contributed by atoms with Crippen molar-refractivity contribution in [3.05, 3.63) is 20.8 Å². The fraction of sp³-hybridized carbons (Fsp3) is 0.667. The molecule has 0 aliphatic carbocycles. The van der Waals surface area contributed by atoms with Crippen LogP contribution in [0.4, 0.5) is 0 Å². The van der Waals surface area contributed by atoms with Gasteiger partial charge in [0.25, 0.3) is 10.2 Å². The number of thiophene rings is 1. The zero-order valence-corrected chi connectivity index (χ0v) is 14.7. The van der Waals surface area contributed by atoms with Gasteiger partial charge in [-0.25, -0.2) is 0 Å². The molecule has 0 spiro atoms. The van der Waals surface area contributed by atoms with E-state index in [0.717, 1.165) is 22.2 Å². The van der Waals surface area contributed by atoms with Gasteiger partial charge in [0.05, 0.1) is 0 Å². The predicted octanol–water partition coefficient (Wildman–Crippen LogP) is 1.86. The van der Waals surface area contributed by atoms with E-state index < -0.39 is 10.2 Å². The Morgan fingerprint density at radius 3 is 2.95 bits per heavy atom. The van der Waals surface area contributed by atoms with Crippen molar-refractivity contribution in [2.75, 3.05) is 26.7 Å². The Labute approximate surface area is 133 Å². The maximum Gasteiger partial charge on any atom is 0.282 e. The van der Waals surface area contributed by atoms with Crippen LogP contribution in [0.2, 0.25) is 0 Å². The highest BCUT2D eigenvalue weighted by Crippen LogP contribution is 2.24. The Morgan fingerprint density at radius 1 is 1.60 bits per heavy atom. The molecular weight excluding hydrogens is 362 g/mol. The van der Waals surface area contributed by atoms with E-state index in [9.17, 15) is 8.42 Å². The van der Waals surface area contributed by atoms with Gasteiger partial charge >= 0.3 is 0 Å². The molecule has 0 bridgehead atoms. The van der Waals surface area contributed by atoms with Crippen LogP contribution in [-0.4, -0.2) is 43.7 Å². The van der Waals surface area contributed by atoms with Gasteiger partial charge in [-0.15, -0.1) is 11.3 Å². The summed E-state index contributed by atoms with van der Waals surface area (Å²) in [5.74, 6) is 0.280. The number of piperidine rings is 1. The van der Waals surface area contributed by atoms with E-state index in [1.165, 1.54) is 4.31 Å². The van der Waals surface area contributed by atoms with Gasteiger partial charge < -0.3 is 5.73 Å². The van der Waals surface area contributed by atoms with Crippen molar-refractivity contribution >= 4 is 37.5 Å².